The summed E-state index contributed by atoms with van der Waals surface area (Å²) in [7, 11) is 0. The second-order valence-electron chi connectivity index (χ2n) is 7.68. The monoisotopic (exact) mass is 377 g/mol. The molecule has 1 unspecified atom stereocenters. The number of amides is 1. The lowest BCUT2D eigenvalue weighted by Crippen LogP contribution is -2.39. The topological polar surface area (TPSA) is 54.9 Å². The highest BCUT2D eigenvalue weighted by molar-refractivity contribution is 5.94. The van der Waals surface area contributed by atoms with Gasteiger partial charge in [0.25, 0.3) is 5.91 Å². The van der Waals surface area contributed by atoms with E-state index in [0.717, 1.165) is 36.6 Å². The van der Waals surface area contributed by atoms with Crippen LogP contribution in [0.1, 0.15) is 54.4 Å². The van der Waals surface area contributed by atoms with Gasteiger partial charge >= 0.3 is 0 Å². The lowest BCUT2D eigenvalue weighted by molar-refractivity contribution is 0.0917. The third kappa shape index (κ3) is 3.88. The largest absolute Gasteiger partial charge is 0.349 e. The zero-order valence-corrected chi connectivity index (χ0v) is 15.9. The van der Waals surface area contributed by atoms with Crippen molar-refractivity contribution in [2.75, 3.05) is 0 Å². The van der Waals surface area contributed by atoms with Gasteiger partial charge in [-0.1, -0.05) is 0 Å². The number of fused-ring (bicyclic) bond motifs is 1. The van der Waals surface area contributed by atoms with E-state index >= 15 is 0 Å². The Labute approximate surface area is 164 Å². The van der Waals surface area contributed by atoms with Crippen LogP contribution in [-0.4, -0.2) is 21.9 Å². The molecule has 0 spiro atoms. The van der Waals surface area contributed by atoms with E-state index in [1.54, 1.807) is 36.7 Å². The van der Waals surface area contributed by atoms with Crippen molar-refractivity contribution in [3.63, 3.8) is 0 Å². The van der Waals surface area contributed by atoms with Crippen molar-refractivity contribution in [3.8, 4) is 0 Å². The number of hydrogen-bond donors (Lipinski definition) is 1. The van der Waals surface area contributed by atoms with Gasteiger partial charge in [-0.25, -0.2) is 4.39 Å². The zero-order chi connectivity index (χ0) is 19.5. The molecule has 0 aliphatic heterocycles. The Kier molecular flexibility index (Phi) is 5.33. The first-order valence-corrected chi connectivity index (χ1v) is 9.87. The van der Waals surface area contributed by atoms with Crippen LogP contribution in [0.15, 0.2) is 55.0 Å². The molecule has 3 aromatic rings. The molecule has 1 atom stereocenters. The molecule has 1 N–H and O–H groups in total. The molecule has 28 heavy (non-hydrogen) atoms. The maximum absolute atomic E-state index is 13.7. The summed E-state index contributed by atoms with van der Waals surface area (Å²) in [6.45, 7) is 2.08. The molecule has 144 valence electrons. The molecule has 1 aromatic carbocycles. The molecule has 1 aliphatic rings. The van der Waals surface area contributed by atoms with Gasteiger partial charge in [0.05, 0.1) is 11.1 Å². The van der Waals surface area contributed by atoms with Gasteiger partial charge < -0.3 is 5.32 Å². The fourth-order valence-electron chi connectivity index (χ4n) is 4.33. The first kappa shape index (κ1) is 18.5. The van der Waals surface area contributed by atoms with E-state index in [1.807, 2.05) is 12.3 Å². The molecule has 1 fully saturated rings. The predicted molar refractivity (Wildman–Crippen MR) is 108 cm³/mol. The molecule has 5 heteroatoms. The average molecular weight is 377 g/mol. The first-order chi connectivity index (χ1) is 13.6. The Morgan fingerprint density at radius 3 is 2.71 bits per heavy atom. The second kappa shape index (κ2) is 8.05. The fraction of sp³-hybridized carbons (Fsp3) is 0.348. The Hall–Kier alpha value is -2.82. The number of nitrogens with one attached hydrogen (secondary N) is 1. The molecular weight excluding hydrogens is 353 g/mol. The highest BCUT2D eigenvalue weighted by Crippen LogP contribution is 2.39. The van der Waals surface area contributed by atoms with Crippen LogP contribution >= 0.6 is 0 Å². The summed E-state index contributed by atoms with van der Waals surface area (Å²) in [5.74, 6) is 0.562. The number of halogens is 1. The maximum atomic E-state index is 13.7. The van der Waals surface area contributed by atoms with E-state index in [4.69, 9.17) is 0 Å². The number of carbonyl (C=O) groups is 1. The van der Waals surface area contributed by atoms with Gasteiger partial charge in [-0.3, -0.25) is 14.8 Å². The minimum Gasteiger partial charge on any atom is -0.349 e. The van der Waals surface area contributed by atoms with Gasteiger partial charge in [0.2, 0.25) is 0 Å². The van der Waals surface area contributed by atoms with Gasteiger partial charge in [-0.2, -0.15) is 0 Å². The minimum atomic E-state index is -0.220. The highest BCUT2D eigenvalue weighted by Gasteiger charge is 2.28. The summed E-state index contributed by atoms with van der Waals surface area (Å²) in [4.78, 5) is 20.7. The molecular formula is C23H24FN3O. The van der Waals surface area contributed by atoms with Crippen LogP contribution < -0.4 is 5.32 Å². The minimum absolute atomic E-state index is 0.0710. The van der Waals surface area contributed by atoms with E-state index in [2.05, 4.69) is 22.2 Å². The van der Waals surface area contributed by atoms with Gasteiger partial charge in [0.1, 0.15) is 5.82 Å². The predicted octanol–water partition coefficient (Wildman–Crippen LogP) is 4.86. The normalized spacial score (nSPS) is 20.6. The van der Waals surface area contributed by atoms with Gasteiger partial charge in [-0.15, -0.1) is 0 Å². The van der Waals surface area contributed by atoms with Crippen molar-refractivity contribution < 1.29 is 9.18 Å². The summed E-state index contributed by atoms with van der Waals surface area (Å²) in [5, 5.41) is 4.04. The molecule has 2 heterocycles. The molecule has 4 rings (SSSR count). The Morgan fingerprint density at radius 1 is 1.14 bits per heavy atom. The lowest BCUT2D eigenvalue weighted by atomic mass is 9.75. The van der Waals surface area contributed by atoms with Crippen molar-refractivity contribution in [1.82, 2.24) is 15.3 Å². The Balaban J connectivity index is 1.41. The summed E-state index contributed by atoms with van der Waals surface area (Å²) in [5.41, 5.74) is 2.63. The van der Waals surface area contributed by atoms with Crippen molar-refractivity contribution in [2.24, 2.45) is 5.92 Å². The standard InChI is InChI=1S/C23H24FN3O/c1-15(27-23(28)18-3-2-11-25-14-18)16-4-6-17(7-5-16)20-10-12-26-22-9-8-19(24)13-21(20)22/h2-3,8-17H,4-7H2,1H3,(H,27,28). The molecule has 0 bridgehead atoms. The summed E-state index contributed by atoms with van der Waals surface area (Å²) < 4.78 is 13.7. The van der Waals surface area contributed by atoms with Crippen molar-refractivity contribution >= 4 is 16.8 Å². The first-order valence-electron chi connectivity index (χ1n) is 9.87. The van der Waals surface area contributed by atoms with Gasteiger partial charge in [-0.05, 0) is 86.4 Å². The number of nitrogens with zero attached hydrogens (tertiary/aromatic N) is 2. The fourth-order valence-corrected chi connectivity index (χ4v) is 4.33. The number of benzene rings is 1. The maximum Gasteiger partial charge on any atom is 0.253 e. The van der Waals surface area contributed by atoms with Crippen molar-refractivity contribution in [2.45, 2.75) is 44.6 Å². The molecule has 4 nitrogen and oxygen atoms in total. The van der Waals surface area contributed by atoms with Crippen molar-refractivity contribution in [1.29, 1.82) is 0 Å². The highest BCUT2D eigenvalue weighted by atomic mass is 19.1. The average Bonchev–Trinajstić information content (AvgIpc) is 2.74. The van der Waals surface area contributed by atoms with Crippen LogP contribution in [0.5, 0.6) is 0 Å². The summed E-state index contributed by atoms with van der Waals surface area (Å²) in [6, 6.07) is 10.5. The van der Waals surface area contributed by atoms with E-state index < -0.39 is 0 Å². The number of pyridine rings is 2. The molecule has 0 radical (unpaired) electrons. The van der Waals surface area contributed by atoms with E-state index in [1.165, 1.54) is 11.6 Å². The molecule has 2 aromatic heterocycles. The smallest absolute Gasteiger partial charge is 0.253 e. The number of aromatic nitrogens is 2. The molecule has 0 saturated heterocycles. The lowest BCUT2D eigenvalue weighted by Gasteiger charge is -2.33. The van der Waals surface area contributed by atoms with Gasteiger partial charge in [0.15, 0.2) is 0 Å². The van der Waals surface area contributed by atoms with Crippen molar-refractivity contribution in [3.05, 3.63) is 71.9 Å². The third-order valence-electron chi connectivity index (χ3n) is 5.94. The van der Waals surface area contributed by atoms with Gasteiger partial charge in [0, 0.05) is 30.0 Å². The second-order valence-corrected chi connectivity index (χ2v) is 7.68. The molecule has 1 saturated carbocycles. The third-order valence-corrected chi connectivity index (χ3v) is 5.94. The summed E-state index contributed by atoms with van der Waals surface area (Å²) in [6.07, 6.45) is 9.22. The molecule has 1 amide bonds. The van der Waals surface area contributed by atoms with Crippen LogP contribution in [0.25, 0.3) is 10.9 Å². The van der Waals surface area contributed by atoms with Crippen LogP contribution in [-0.2, 0) is 0 Å². The van der Waals surface area contributed by atoms with E-state index in [9.17, 15) is 9.18 Å². The number of hydrogen-bond acceptors (Lipinski definition) is 3. The molecule has 1 aliphatic carbocycles. The Morgan fingerprint density at radius 2 is 1.96 bits per heavy atom. The SMILES string of the molecule is CC(NC(=O)c1cccnc1)C1CCC(c2ccnc3ccc(F)cc23)CC1. The number of carbonyl (C=O) groups excluding carboxylic acids is 1. The zero-order valence-electron chi connectivity index (χ0n) is 15.9. The van der Waals surface area contributed by atoms with Crippen LogP contribution in [0.2, 0.25) is 0 Å². The Bertz CT molecular complexity index is 968. The van der Waals surface area contributed by atoms with Crippen LogP contribution in [0.4, 0.5) is 4.39 Å². The quantitative estimate of drug-likeness (QED) is 0.706. The van der Waals surface area contributed by atoms with E-state index in [0.29, 0.717) is 17.4 Å². The summed E-state index contributed by atoms with van der Waals surface area (Å²) >= 11 is 0. The number of rotatable bonds is 4. The van der Waals surface area contributed by atoms with Crippen LogP contribution in [0.3, 0.4) is 0 Å². The van der Waals surface area contributed by atoms with Crippen LogP contribution in [0, 0.1) is 11.7 Å². The van der Waals surface area contributed by atoms with E-state index in [-0.39, 0.29) is 17.8 Å².